The van der Waals surface area contributed by atoms with Gasteiger partial charge >= 0.3 is 5.97 Å². The van der Waals surface area contributed by atoms with E-state index in [1.165, 1.54) is 13.2 Å². The molecule has 0 aliphatic rings. The number of hydrogen-bond donors (Lipinski definition) is 1. The van der Waals surface area contributed by atoms with E-state index in [9.17, 15) is 9.90 Å². The predicted molar refractivity (Wildman–Crippen MR) is 80.4 cm³/mol. The van der Waals surface area contributed by atoms with Crippen LogP contribution in [-0.2, 0) is 13.0 Å². The zero-order valence-electron chi connectivity index (χ0n) is 12.0. The van der Waals surface area contributed by atoms with Crippen LogP contribution in [0.3, 0.4) is 0 Å². The van der Waals surface area contributed by atoms with Gasteiger partial charge in [-0.25, -0.2) is 9.78 Å². The average molecular weight is 307 g/mol. The van der Waals surface area contributed by atoms with Gasteiger partial charge in [-0.05, 0) is 31.0 Å². The Morgan fingerprint density at radius 3 is 2.90 bits per heavy atom. The van der Waals surface area contributed by atoms with Crippen LogP contribution in [0.15, 0.2) is 23.6 Å². The lowest BCUT2D eigenvalue weighted by Crippen LogP contribution is -2.04. The number of carboxylic acid groups (broad SMARTS) is 1. The lowest BCUT2D eigenvalue weighted by atomic mass is 10.2. The predicted octanol–water partition coefficient (Wildman–Crippen LogP) is 3.38. The molecule has 0 radical (unpaired) electrons. The van der Waals surface area contributed by atoms with Crippen molar-refractivity contribution in [2.75, 3.05) is 7.11 Å². The molecular weight excluding hydrogens is 290 g/mol. The number of methoxy groups -OCH3 is 1. The van der Waals surface area contributed by atoms with Crippen LogP contribution < -0.4 is 9.47 Å². The summed E-state index contributed by atoms with van der Waals surface area (Å²) in [5, 5.41) is 12.2. The van der Waals surface area contributed by atoms with Crippen LogP contribution in [-0.4, -0.2) is 23.2 Å². The van der Waals surface area contributed by atoms with E-state index in [1.54, 1.807) is 23.5 Å². The average Bonchev–Trinajstić information content (AvgIpc) is 2.93. The number of thiazole rings is 1. The van der Waals surface area contributed by atoms with Gasteiger partial charge in [-0.15, -0.1) is 11.3 Å². The molecule has 2 aromatic rings. The molecule has 0 bridgehead atoms. The second-order valence-electron chi connectivity index (χ2n) is 4.44. The second kappa shape index (κ2) is 7.08. The van der Waals surface area contributed by atoms with Gasteiger partial charge in [0.1, 0.15) is 23.7 Å². The molecule has 0 fully saturated rings. The minimum absolute atomic E-state index is 0.0818. The SMILES string of the molecule is CCCc1nc(COc2ccc(OC)cc2C(=O)O)cs1. The Kier molecular flexibility index (Phi) is 5.16. The highest BCUT2D eigenvalue weighted by Crippen LogP contribution is 2.25. The van der Waals surface area contributed by atoms with E-state index in [1.807, 2.05) is 5.38 Å². The van der Waals surface area contributed by atoms with Gasteiger partial charge in [-0.1, -0.05) is 6.92 Å². The molecule has 1 aromatic carbocycles. The number of aryl methyl sites for hydroxylation is 1. The summed E-state index contributed by atoms with van der Waals surface area (Å²) < 4.78 is 10.6. The summed E-state index contributed by atoms with van der Waals surface area (Å²) in [6, 6.07) is 4.72. The van der Waals surface area contributed by atoms with Gasteiger partial charge in [0.25, 0.3) is 0 Å². The molecule has 0 spiro atoms. The third-order valence-corrected chi connectivity index (χ3v) is 3.81. The van der Waals surface area contributed by atoms with Crippen LogP contribution in [0.5, 0.6) is 11.5 Å². The molecular formula is C15H17NO4S. The molecule has 1 aromatic heterocycles. The normalized spacial score (nSPS) is 10.4. The first-order chi connectivity index (χ1) is 10.1. The van der Waals surface area contributed by atoms with Gasteiger partial charge < -0.3 is 14.6 Å². The Morgan fingerprint density at radius 1 is 1.43 bits per heavy atom. The smallest absolute Gasteiger partial charge is 0.339 e. The van der Waals surface area contributed by atoms with Crippen LogP contribution in [0.1, 0.15) is 34.4 Å². The number of hydrogen-bond acceptors (Lipinski definition) is 5. The lowest BCUT2D eigenvalue weighted by molar-refractivity contribution is 0.0691. The fourth-order valence-electron chi connectivity index (χ4n) is 1.82. The van der Waals surface area contributed by atoms with E-state index < -0.39 is 5.97 Å². The summed E-state index contributed by atoms with van der Waals surface area (Å²) in [6.45, 7) is 2.36. The Balaban J connectivity index is 2.09. The number of ether oxygens (including phenoxy) is 2. The van der Waals surface area contributed by atoms with Crippen molar-refractivity contribution in [1.82, 2.24) is 4.98 Å². The van der Waals surface area contributed by atoms with Crippen molar-refractivity contribution in [1.29, 1.82) is 0 Å². The fourth-order valence-corrected chi connectivity index (χ4v) is 2.71. The third kappa shape index (κ3) is 3.95. The van der Waals surface area contributed by atoms with E-state index >= 15 is 0 Å². The van der Waals surface area contributed by atoms with Crippen molar-refractivity contribution in [2.24, 2.45) is 0 Å². The van der Waals surface area contributed by atoms with Crippen LogP contribution in [0.2, 0.25) is 0 Å². The van der Waals surface area contributed by atoms with Crippen LogP contribution in [0.25, 0.3) is 0 Å². The highest BCUT2D eigenvalue weighted by atomic mass is 32.1. The topological polar surface area (TPSA) is 68.7 Å². The van der Waals surface area contributed by atoms with Crippen molar-refractivity contribution in [3.63, 3.8) is 0 Å². The zero-order valence-corrected chi connectivity index (χ0v) is 12.8. The molecule has 0 saturated heterocycles. The highest BCUT2D eigenvalue weighted by Gasteiger charge is 2.13. The number of rotatable bonds is 7. The van der Waals surface area contributed by atoms with Crippen molar-refractivity contribution < 1.29 is 19.4 Å². The van der Waals surface area contributed by atoms with Gasteiger partial charge in [0.05, 0.1) is 17.8 Å². The van der Waals surface area contributed by atoms with Gasteiger partial charge in [-0.3, -0.25) is 0 Å². The lowest BCUT2D eigenvalue weighted by Gasteiger charge is -2.09. The van der Waals surface area contributed by atoms with Gasteiger partial charge in [0.15, 0.2) is 0 Å². The number of nitrogens with zero attached hydrogens (tertiary/aromatic N) is 1. The molecule has 1 heterocycles. The summed E-state index contributed by atoms with van der Waals surface area (Å²) in [4.78, 5) is 15.7. The molecule has 0 atom stereocenters. The number of benzene rings is 1. The molecule has 0 amide bonds. The first-order valence-electron chi connectivity index (χ1n) is 6.61. The van der Waals surface area contributed by atoms with Crippen LogP contribution in [0.4, 0.5) is 0 Å². The monoisotopic (exact) mass is 307 g/mol. The van der Waals surface area contributed by atoms with Crippen LogP contribution >= 0.6 is 11.3 Å². The van der Waals surface area contributed by atoms with Gasteiger partial charge in [0, 0.05) is 5.38 Å². The largest absolute Gasteiger partial charge is 0.497 e. The highest BCUT2D eigenvalue weighted by molar-refractivity contribution is 7.09. The van der Waals surface area contributed by atoms with Crippen molar-refractivity contribution in [3.05, 3.63) is 39.8 Å². The quantitative estimate of drug-likeness (QED) is 0.849. The van der Waals surface area contributed by atoms with E-state index in [4.69, 9.17) is 9.47 Å². The van der Waals surface area contributed by atoms with E-state index in [0.717, 1.165) is 23.5 Å². The van der Waals surface area contributed by atoms with Gasteiger partial charge in [0.2, 0.25) is 0 Å². The molecule has 6 heteroatoms. The maximum absolute atomic E-state index is 11.2. The molecule has 2 rings (SSSR count). The maximum atomic E-state index is 11.2. The zero-order chi connectivity index (χ0) is 15.2. The number of aromatic nitrogens is 1. The number of aromatic carboxylic acids is 1. The molecule has 21 heavy (non-hydrogen) atoms. The number of carbonyl (C=O) groups is 1. The molecule has 1 N–H and O–H groups in total. The molecule has 0 unspecified atom stereocenters. The van der Waals surface area contributed by atoms with Crippen molar-refractivity contribution in [3.8, 4) is 11.5 Å². The maximum Gasteiger partial charge on any atom is 0.339 e. The summed E-state index contributed by atoms with van der Waals surface area (Å²) >= 11 is 1.60. The molecule has 0 saturated carbocycles. The van der Waals surface area contributed by atoms with E-state index in [2.05, 4.69) is 11.9 Å². The molecule has 112 valence electrons. The van der Waals surface area contributed by atoms with Crippen molar-refractivity contribution >= 4 is 17.3 Å². The molecule has 5 nitrogen and oxygen atoms in total. The summed E-state index contributed by atoms with van der Waals surface area (Å²) in [7, 11) is 1.49. The summed E-state index contributed by atoms with van der Waals surface area (Å²) in [6.07, 6.45) is 2.00. The van der Waals surface area contributed by atoms with Gasteiger partial charge in [-0.2, -0.15) is 0 Å². The first-order valence-corrected chi connectivity index (χ1v) is 7.49. The van der Waals surface area contributed by atoms with Crippen LogP contribution in [0, 0.1) is 0 Å². The minimum atomic E-state index is -1.05. The summed E-state index contributed by atoms with van der Waals surface area (Å²) in [5.74, 6) is -0.249. The minimum Gasteiger partial charge on any atom is -0.497 e. The fraction of sp³-hybridized carbons (Fsp3) is 0.333. The number of carboxylic acids is 1. The Labute approximate surface area is 127 Å². The molecule has 0 aliphatic carbocycles. The standard InChI is InChI=1S/C15H17NO4S/c1-3-4-14-16-10(9-21-14)8-20-13-6-5-11(19-2)7-12(13)15(17)18/h5-7,9H,3-4,8H2,1-2H3,(H,17,18). The second-order valence-corrected chi connectivity index (χ2v) is 5.38. The first kappa shape index (κ1) is 15.3. The Morgan fingerprint density at radius 2 is 2.24 bits per heavy atom. The Bertz CT molecular complexity index is 624. The molecule has 0 aliphatic heterocycles. The third-order valence-electron chi connectivity index (χ3n) is 2.86. The summed E-state index contributed by atoms with van der Waals surface area (Å²) in [5.41, 5.74) is 0.897. The van der Waals surface area contributed by atoms with Crippen molar-refractivity contribution in [2.45, 2.75) is 26.4 Å². The van der Waals surface area contributed by atoms with E-state index in [-0.39, 0.29) is 12.2 Å². The van der Waals surface area contributed by atoms with E-state index in [0.29, 0.717) is 11.5 Å². The Hall–Kier alpha value is -2.08.